The molecule has 8 heteroatoms. The van der Waals surface area contributed by atoms with Crippen molar-refractivity contribution in [2.75, 3.05) is 19.8 Å². The fourth-order valence-corrected chi connectivity index (χ4v) is 4.43. The van der Waals surface area contributed by atoms with Gasteiger partial charge in [-0.15, -0.1) is 0 Å². The Morgan fingerprint density at radius 3 is 2.79 bits per heavy atom. The Morgan fingerprint density at radius 1 is 1.53 bits per heavy atom. The fourth-order valence-electron chi connectivity index (χ4n) is 2.17. The van der Waals surface area contributed by atoms with Gasteiger partial charge in [0.25, 0.3) is 10.0 Å². The number of sulfonamides is 1. The highest BCUT2D eigenvalue weighted by Crippen LogP contribution is 2.42. The van der Waals surface area contributed by atoms with E-state index < -0.39 is 10.0 Å². The van der Waals surface area contributed by atoms with E-state index in [2.05, 4.69) is 20.2 Å². The number of aromatic amines is 1. The van der Waals surface area contributed by atoms with Crippen molar-refractivity contribution < 1.29 is 8.42 Å². The monoisotopic (exact) mass is 304 g/mol. The van der Waals surface area contributed by atoms with Gasteiger partial charge in [0.1, 0.15) is 0 Å². The quantitative estimate of drug-likeness (QED) is 0.690. The van der Waals surface area contributed by atoms with E-state index in [1.165, 1.54) is 6.42 Å². The molecule has 6 nitrogen and oxygen atoms in total. The third-order valence-electron chi connectivity index (χ3n) is 3.60. The minimum atomic E-state index is -3.51. The largest absolute Gasteiger partial charge is 0.316 e. The van der Waals surface area contributed by atoms with E-state index in [1.807, 2.05) is 6.26 Å². The lowest BCUT2D eigenvalue weighted by atomic mass is 9.84. The average Bonchev–Trinajstić information content (AvgIpc) is 2.78. The summed E-state index contributed by atoms with van der Waals surface area (Å²) in [5.41, 5.74) is 0.654. The maximum atomic E-state index is 12.3. The molecule has 19 heavy (non-hydrogen) atoms. The SMILES string of the molecule is CNCc1cn[nH]c1S(=O)(=O)NCC1(SC)CCC1. The van der Waals surface area contributed by atoms with Gasteiger partial charge in [-0.3, -0.25) is 5.10 Å². The first-order valence-electron chi connectivity index (χ1n) is 6.25. The van der Waals surface area contributed by atoms with Gasteiger partial charge in [0.05, 0.1) is 6.20 Å². The Bertz CT molecular complexity index is 517. The van der Waals surface area contributed by atoms with Crippen LogP contribution in [-0.4, -0.2) is 43.2 Å². The van der Waals surface area contributed by atoms with Crippen molar-refractivity contribution in [3.8, 4) is 0 Å². The first kappa shape index (κ1) is 14.8. The Morgan fingerprint density at radius 2 is 2.26 bits per heavy atom. The van der Waals surface area contributed by atoms with Gasteiger partial charge in [-0.05, 0) is 26.1 Å². The van der Waals surface area contributed by atoms with Crippen LogP contribution in [0.4, 0.5) is 0 Å². The molecule has 0 saturated heterocycles. The smallest absolute Gasteiger partial charge is 0.257 e. The van der Waals surface area contributed by atoms with Gasteiger partial charge >= 0.3 is 0 Å². The Hall–Kier alpha value is -0.570. The van der Waals surface area contributed by atoms with Crippen LogP contribution in [0.25, 0.3) is 0 Å². The third-order valence-corrected chi connectivity index (χ3v) is 6.43. The summed E-state index contributed by atoms with van der Waals surface area (Å²) in [6, 6.07) is 0. The van der Waals surface area contributed by atoms with Gasteiger partial charge in [-0.1, -0.05) is 6.42 Å². The van der Waals surface area contributed by atoms with Crippen LogP contribution < -0.4 is 10.0 Å². The molecule has 0 amide bonds. The summed E-state index contributed by atoms with van der Waals surface area (Å²) in [5, 5.41) is 9.49. The first-order valence-corrected chi connectivity index (χ1v) is 8.95. The van der Waals surface area contributed by atoms with Crippen LogP contribution in [0.3, 0.4) is 0 Å². The number of hydrogen-bond donors (Lipinski definition) is 3. The molecule has 0 unspecified atom stereocenters. The Labute approximate surface area is 118 Å². The molecule has 1 aromatic heterocycles. The molecule has 1 saturated carbocycles. The molecule has 108 valence electrons. The van der Waals surface area contributed by atoms with Crippen molar-refractivity contribution in [3.63, 3.8) is 0 Å². The fraction of sp³-hybridized carbons (Fsp3) is 0.727. The molecule has 1 aromatic rings. The molecule has 3 N–H and O–H groups in total. The van der Waals surface area contributed by atoms with Crippen molar-refractivity contribution in [1.29, 1.82) is 0 Å². The molecule has 0 aromatic carbocycles. The maximum Gasteiger partial charge on any atom is 0.257 e. The van der Waals surface area contributed by atoms with Gasteiger partial charge in [0.15, 0.2) is 5.03 Å². The van der Waals surface area contributed by atoms with Crippen LogP contribution in [-0.2, 0) is 16.6 Å². The summed E-state index contributed by atoms with van der Waals surface area (Å²) < 4.78 is 27.3. The Kier molecular flexibility index (Phi) is 4.54. The summed E-state index contributed by atoms with van der Waals surface area (Å²) in [4.78, 5) is 0. The number of aromatic nitrogens is 2. The molecule has 0 bridgehead atoms. The van der Waals surface area contributed by atoms with E-state index >= 15 is 0 Å². The van der Waals surface area contributed by atoms with Gasteiger partial charge in [0, 0.05) is 23.4 Å². The van der Waals surface area contributed by atoms with Gasteiger partial charge in [0.2, 0.25) is 0 Å². The molecule has 0 atom stereocenters. The summed E-state index contributed by atoms with van der Waals surface area (Å²) in [6.07, 6.45) is 6.90. The summed E-state index contributed by atoms with van der Waals surface area (Å²) >= 11 is 1.75. The highest BCUT2D eigenvalue weighted by atomic mass is 32.2. The van der Waals surface area contributed by atoms with Gasteiger partial charge < -0.3 is 5.32 Å². The van der Waals surface area contributed by atoms with Crippen LogP contribution in [0.5, 0.6) is 0 Å². The summed E-state index contributed by atoms with van der Waals surface area (Å²) in [5.74, 6) is 0. The van der Waals surface area contributed by atoms with Crippen molar-refractivity contribution in [1.82, 2.24) is 20.2 Å². The lowest BCUT2D eigenvalue weighted by Crippen LogP contribution is -2.45. The van der Waals surface area contributed by atoms with Crippen LogP contribution in [0.2, 0.25) is 0 Å². The number of nitrogens with one attached hydrogen (secondary N) is 3. The third kappa shape index (κ3) is 3.13. The minimum absolute atomic E-state index is 0.0796. The van der Waals surface area contributed by atoms with Crippen LogP contribution in [0, 0.1) is 0 Å². The Balaban J connectivity index is 2.07. The van der Waals surface area contributed by atoms with E-state index in [0.717, 1.165) is 12.8 Å². The standard InChI is InChI=1S/C11H20N4O2S2/c1-12-6-9-7-13-15-10(9)19(16,17)14-8-11(18-2)4-3-5-11/h7,12,14H,3-6,8H2,1-2H3,(H,13,15). The number of hydrogen-bond acceptors (Lipinski definition) is 5. The zero-order chi connectivity index (χ0) is 13.9. The highest BCUT2D eigenvalue weighted by molar-refractivity contribution is 8.00. The number of H-pyrrole nitrogens is 1. The molecule has 0 aliphatic heterocycles. The molecule has 0 spiro atoms. The zero-order valence-electron chi connectivity index (χ0n) is 11.2. The van der Waals surface area contributed by atoms with Crippen LogP contribution >= 0.6 is 11.8 Å². The molecule has 1 fully saturated rings. The van der Waals surface area contributed by atoms with E-state index in [1.54, 1.807) is 25.0 Å². The topological polar surface area (TPSA) is 86.9 Å². The first-order chi connectivity index (χ1) is 9.03. The van der Waals surface area contributed by atoms with Crippen molar-refractivity contribution >= 4 is 21.8 Å². The second-order valence-electron chi connectivity index (χ2n) is 4.82. The van der Waals surface area contributed by atoms with Gasteiger partial charge in [-0.25, -0.2) is 13.1 Å². The number of rotatable bonds is 7. The van der Waals surface area contributed by atoms with Crippen molar-refractivity contribution in [2.24, 2.45) is 0 Å². The normalized spacial score (nSPS) is 18.2. The molecular weight excluding hydrogens is 284 g/mol. The molecule has 2 rings (SSSR count). The second-order valence-corrected chi connectivity index (χ2v) is 7.80. The predicted molar refractivity (Wildman–Crippen MR) is 76.6 cm³/mol. The molecule has 1 heterocycles. The lowest BCUT2D eigenvalue weighted by Gasteiger charge is -2.40. The number of thioether (sulfide) groups is 1. The minimum Gasteiger partial charge on any atom is -0.316 e. The van der Waals surface area contributed by atoms with E-state index in [4.69, 9.17) is 0 Å². The van der Waals surface area contributed by atoms with Gasteiger partial charge in [-0.2, -0.15) is 16.9 Å². The average molecular weight is 304 g/mol. The zero-order valence-corrected chi connectivity index (χ0v) is 12.8. The predicted octanol–water partition coefficient (Wildman–Crippen LogP) is 0.693. The summed E-state index contributed by atoms with van der Waals surface area (Å²) in [7, 11) is -1.74. The summed E-state index contributed by atoms with van der Waals surface area (Å²) in [6.45, 7) is 0.953. The van der Waals surface area contributed by atoms with Crippen LogP contribution in [0.1, 0.15) is 24.8 Å². The highest BCUT2D eigenvalue weighted by Gasteiger charge is 2.37. The molecule has 1 aliphatic carbocycles. The van der Waals surface area contributed by atoms with Crippen molar-refractivity contribution in [3.05, 3.63) is 11.8 Å². The lowest BCUT2D eigenvalue weighted by molar-refractivity contribution is 0.361. The number of nitrogens with zero attached hydrogens (tertiary/aromatic N) is 1. The van der Waals surface area contributed by atoms with Crippen molar-refractivity contribution in [2.45, 2.75) is 35.6 Å². The molecule has 1 aliphatic rings. The second kappa shape index (κ2) is 5.82. The maximum absolute atomic E-state index is 12.3. The van der Waals surface area contributed by atoms with E-state index in [0.29, 0.717) is 18.7 Å². The van der Waals surface area contributed by atoms with Crippen LogP contribution in [0.15, 0.2) is 11.2 Å². The van der Waals surface area contributed by atoms with E-state index in [9.17, 15) is 8.42 Å². The molecular formula is C11H20N4O2S2. The molecule has 0 radical (unpaired) electrons. The van der Waals surface area contributed by atoms with E-state index in [-0.39, 0.29) is 9.77 Å².